The first-order valence-electron chi connectivity index (χ1n) is 12.7. The maximum atomic E-state index is 12.7. The van der Waals surface area contributed by atoms with E-state index in [0.717, 1.165) is 5.75 Å². The van der Waals surface area contributed by atoms with Crippen LogP contribution >= 0.6 is 0 Å². The summed E-state index contributed by atoms with van der Waals surface area (Å²) in [5.74, 6) is 1.72. The molecule has 0 bridgehead atoms. The third-order valence-electron chi connectivity index (χ3n) is 5.60. The van der Waals surface area contributed by atoms with E-state index in [9.17, 15) is 9.59 Å². The van der Waals surface area contributed by atoms with Gasteiger partial charge in [-0.25, -0.2) is 0 Å². The summed E-state index contributed by atoms with van der Waals surface area (Å²) in [6.45, 7) is 9.23. The maximum Gasteiger partial charge on any atom is 0.255 e. The first-order valence-corrected chi connectivity index (χ1v) is 12.7. The lowest BCUT2D eigenvalue weighted by Gasteiger charge is -2.18. The number of rotatable bonds is 13. The molecule has 0 spiro atoms. The van der Waals surface area contributed by atoms with E-state index in [4.69, 9.17) is 14.2 Å². The van der Waals surface area contributed by atoms with Gasteiger partial charge in [0, 0.05) is 24.1 Å². The van der Waals surface area contributed by atoms with Gasteiger partial charge in [0.1, 0.15) is 17.2 Å². The second kappa shape index (κ2) is 13.9. The summed E-state index contributed by atoms with van der Waals surface area (Å²) in [5, 5.41) is 5.80. The van der Waals surface area contributed by atoms with Gasteiger partial charge >= 0.3 is 0 Å². The van der Waals surface area contributed by atoms with Crippen LogP contribution in [0.4, 0.5) is 11.4 Å². The highest BCUT2D eigenvalue weighted by molar-refractivity contribution is 6.05. The van der Waals surface area contributed by atoms with Crippen LogP contribution in [0.5, 0.6) is 17.2 Å². The average Bonchev–Trinajstić information content (AvgIpc) is 2.90. The van der Waals surface area contributed by atoms with E-state index in [1.165, 1.54) is 5.56 Å². The predicted octanol–water partition coefficient (Wildman–Crippen LogP) is 6.66. The Labute approximate surface area is 219 Å². The van der Waals surface area contributed by atoms with Crippen molar-refractivity contribution in [1.82, 2.24) is 0 Å². The zero-order chi connectivity index (χ0) is 26.6. The van der Waals surface area contributed by atoms with Crippen molar-refractivity contribution >= 4 is 23.2 Å². The molecule has 3 rings (SSSR count). The largest absolute Gasteiger partial charge is 0.494 e. The summed E-state index contributed by atoms with van der Waals surface area (Å²) in [7, 11) is 0. The number of amides is 2. The zero-order valence-corrected chi connectivity index (χ0v) is 22.0. The summed E-state index contributed by atoms with van der Waals surface area (Å²) >= 11 is 0. The minimum absolute atomic E-state index is 0.164. The van der Waals surface area contributed by atoms with Crippen molar-refractivity contribution in [2.45, 2.75) is 46.5 Å². The number of carbonyl (C=O) groups is 2. The molecule has 0 fully saturated rings. The number of hydrogen-bond acceptors (Lipinski definition) is 5. The van der Waals surface area contributed by atoms with Crippen molar-refractivity contribution in [3.63, 3.8) is 0 Å². The Balaban J connectivity index is 1.63. The van der Waals surface area contributed by atoms with Crippen molar-refractivity contribution in [3.05, 3.63) is 77.9 Å². The lowest BCUT2D eigenvalue weighted by Crippen LogP contribution is -2.16. The molecule has 0 aromatic heterocycles. The number of anilines is 2. The Kier molecular flexibility index (Phi) is 10.4. The van der Waals surface area contributed by atoms with Crippen molar-refractivity contribution in [1.29, 1.82) is 0 Å². The molecule has 0 aliphatic carbocycles. The molecule has 3 aromatic carbocycles. The highest BCUT2D eigenvalue weighted by atomic mass is 16.5. The molecule has 7 heteroatoms. The summed E-state index contributed by atoms with van der Waals surface area (Å²) in [4.78, 5) is 25.4. The standard InChI is InChI=1S/C30H36N2O5/c1-5-35-27-20-26(32-30(34)23-11-8-7-9-12-23)28(36-6-2)19-25(27)31-29(33)13-10-18-37-24-16-14-22(15-17-24)21(3)4/h7-9,11-12,14-17,19-21H,5-6,10,13,18H2,1-4H3,(H,31,33)(H,32,34). The lowest BCUT2D eigenvalue weighted by atomic mass is 10.0. The summed E-state index contributed by atoms with van der Waals surface area (Å²) in [5.41, 5.74) is 2.74. The van der Waals surface area contributed by atoms with E-state index in [0.29, 0.717) is 60.6 Å². The second-order valence-electron chi connectivity index (χ2n) is 8.75. The van der Waals surface area contributed by atoms with Gasteiger partial charge in [-0.2, -0.15) is 0 Å². The summed E-state index contributed by atoms with van der Waals surface area (Å²) in [6.07, 6.45) is 0.845. The maximum absolute atomic E-state index is 12.7. The Bertz CT molecular complexity index is 1160. The van der Waals surface area contributed by atoms with Gasteiger partial charge in [0.2, 0.25) is 5.91 Å². The fourth-order valence-electron chi connectivity index (χ4n) is 3.67. The van der Waals surface area contributed by atoms with Gasteiger partial charge in [-0.05, 0) is 56.0 Å². The molecule has 0 saturated carbocycles. The normalized spacial score (nSPS) is 10.6. The third kappa shape index (κ3) is 8.27. The first kappa shape index (κ1) is 27.6. The van der Waals surface area contributed by atoms with Gasteiger partial charge < -0.3 is 24.8 Å². The summed E-state index contributed by atoms with van der Waals surface area (Å²) < 4.78 is 17.3. The van der Waals surface area contributed by atoms with E-state index in [1.54, 1.807) is 36.4 Å². The van der Waals surface area contributed by atoms with E-state index in [-0.39, 0.29) is 18.2 Å². The topological polar surface area (TPSA) is 85.9 Å². The molecule has 196 valence electrons. The van der Waals surface area contributed by atoms with Crippen LogP contribution in [0.3, 0.4) is 0 Å². The lowest BCUT2D eigenvalue weighted by molar-refractivity contribution is -0.116. The molecule has 3 aromatic rings. The van der Waals surface area contributed by atoms with Gasteiger partial charge in [-0.1, -0.05) is 44.2 Å². The zero-order valence-electron chi connectivity index (χ0n) is 22.0. The van der Waals surface area contributed by atoms with Crippen LogP contribution in [0.25, 0.3) is 0 Å². The third-order valence-corrected chi connectivity index (χ3v) is 5.60. The van der Waals surface area contributed by atoms with E-state index >= 15 is 0 Å². The Morgan fingerprint density at radius 2 is 1.38 bits per heavy atom. The molecule has 2 N–H and O–H groups in total. The molecular formula is C30H36N2O5. The highest BCUT2D eigenvalue weighted by Gasteiger charge is 2.17. The van der Waals surface area contributed by atoms with Crippen molar-refractivity contribution in [2.24, 2.45) is 0 Å². The molecule has 0 heterocycles. The van der Waals surface area contributed by atoms with Crippen LogP contribution in [-0.4, -0.2) is 31.6 Å². The molecule has 0 saturated heterocycles. The quantitative estimate of drug-likeness (QED) is 0.254. The number of benzene rings is 3. The molecule has 7 nitrogen and oxygen atoms in total. The average molecular weight is 505 g/mol. The minimum Gasteiger partial charge on any atom is -0.494 e. The van der Waals surface area contributed by atoms with Crippen LogP contribution in [0.15, 0.2) is 66.7 Å². The van der Waals surface area contributed by atoms with Crippen LogP contribution < -0.4 is 24.8 Å². The van der Waals surface area contributed by atoms with Crippen LogP contribution in [-0.2, 0) is 4.79 Å². The SMILES string of the molecule is CCOc1cc(NC(=O)c2ccccc2)c(OCC)cc1NC(=O)CCCOc1ccc(C(C)C)cc1. The Morgan fingerprint density at radius 1 is 0.784 bits per heavy atom. The number of nitrogens with one attached hydrogen (secondary N) is 2. The van der Waals surface area contributed by atoms with Gasteiger partial charge in [0.05, 0.1) is 31.2 Å². The molecular weight excluding hydrogens is 468 g/mol. The molecule has 0 radical (unpaired) electrons. The van der Waals surface area contributed by atoms with Crippen molar-refractivity contribution in [3.8, 4) is 17.2 Å². The van der Waals surface area contributed by atoms with Crippen LogP contribution in [0, 0.1) is 0 Å². The molecule has 0 aliphatic heterocycles. The van der Waals surface area contributed by atoms with Gasteiger partial charge in [0.25, 0.3) is 5.91 Å². The molecule has 0 aliphatic rings. The summed E-state index contributed by atoms with van der Waals surface area (Å²) in [6, 6.07) is 20.3. The monoisotopic (exact) mass is 504 g/mol. The van der Waals surface area contributed by atoms with Crippen LogP contribution in [0.2, 0.25) is 0 Å². The predicted molar refractivity (Wildman–Crippen MR) is 147 cm³/mol. The smallest absolute Gasteiger partial charge is 0.255 e. The molecule has 0 unspecified atom stereocenters. The Morgan fingerprint density at radius 3 is 1.95 bits per heavy atom. The fourth-order valence-corrected chi connectivity index (χ4v) is 3.67. The number of carbonyl (C=O) groups excluding carboxylic acids is 2. The molecule has 37 heavy (non-hydrogen) atoms. The Hall–Kier alpha value is -4.00. The van der Waals surface area contributed by atoms with Gasteiger partial charge in [-0.15, -0.1) is 0 Å². The van der Waals surface area contributed by atoms with E-state index in [2.05, 4.69) is 36.6 Å². The highest BCUT2D eigenvalue weighted by Crippen LogP contribution is 2.37. The van der Waals surface area contributed by atoms with E-state index < -0.39 is 0 Å². The van der Waals surface area contributed by atoms with Crippen LogP contribution in [0.1, 0.15) is 62.4 Å². The minimum atomic E-state index is -0.264. The number of ether oxygens (including phenoxy) is 3. The van der Waals surface area contributed by atoms with Crippen molar-refractivity contribution < 1.29 is 23.8 Å². The van der Waals surface area contributed by atoms with E-state index in [1.807, 2.05) is 32.0 Å². The first-order chi connectivity index (χ1) is 17.9. The van der Waals surface area contributed by atoms with Crippen molar-refractivity contribution in [2.75, 3.05) is 30.5 Å². The van der Waals surface area contributed by atoms with Gasteiger partial charge in [-0.3, -0.25) is 9.59 Å². The number of hydrogen-bond donors (Lipinski definition) is 2. The molecule has 2 amide bonds. The fraction of sp³-hybridized carbons (Fsp3) is 0.333. The van der Waals surface area contributed by atoms with Gasteiger partial charge in [0.15, 0.2) is 0 Å². The molecule has 0 atom stereocenters. The second-order valence-corrected chi connectivity index (χ2v) is 8.75.